The Hall–Kier alpha value is -1.41. The summed E-state index contributed by atoms with van der Waals surface area (Å²) in [5, 5.41) is 23.1. The Morgan fingerprint density at radius 2 is 2.53 bits per heavy atom. The molecule has 2 aromatic rings. The Labute approximate surface area is 117 Å². The van der Waals surface area contributed by atoms with Gasteiger partial charge in [0.2, 0.25) is 5.16 Å². The summed E-state index contributed by atoms with van der Waals surface area (Å²) in [6.45, 7) is 0. The van der Waals surface area contributed by atoms with Crippen LogP contribution in [0.15, 0.2) is 16.6 Å². The molecule has 0 spiro atoms. The molecule has 1 N–H and O–H groups in total. The van der Waals surface area contributed by atoms with Crippen LogP contribution < -0.4 is 0 Å². The molecule has 0 aliphatic heterocycles. The van der Waals surface area contributed by atoms with E-state index in [4.69, 9.17) is 5.11 Å². The quantitative estimate of drug-likeness (QED) is 0.867. The summed E-state index contributed by atoms with van der Waals surface area (Å²) in [5.41, 5.74) is 1.28. The number of hydrogen-bond acceptors (Lipinski definition) is 6. The van der Waals surface area contributed by atoms with E-state index in [9.17, 15) is 4.79 Å². The van der Waals surface area contributed by atoms with Gasteiger partial charge in [-0.05, 0) is 46.7 Å². The van der Waals surface area contributed by atoms with Gasteiger partial charge < -0.3 is 5.11 Å². The Morgan fingerprint density at radius 1 is 1.63 bits per heavy atom. The van der Waals surface area contributed by atoms with Crippen LogP contribution in [0.2, 0.25) is 0 Å². The molecule has 1 unspecified atom stereocenters. The van der Waals surface area contributed by atoms with Gasteiger partial charge in [-0.1, -0.05) is 11.8 Å². The van der Waals surface area contributed by atoms with E-state index in [1.165, 1.54) is 10.4 Å². The third-order valence-electron chi connectivity index (χ3n) is 3.10. The lowest BCUT2D eigenvalue weighted by Gasteiger charge is -2.22. The van der Waals surface area contributed by atoms with Gasteiger partial charge in [0.1, 0.15) is 0 Å². The van der Waals surface area contributed by atoms with Crippen molar-refractivity contribution < 1.29 is 9.90 Å². The van der Waals surface area contributed by atoms with Gasteiger partial charge in [0, 0.05) is 4.88 Å². The molecule has 1 aliphatic carbocycles. The van der Waals surface area contributed by atoms with Crippen LogP contribution in [-0.2, 0) is 11.2 Å². The molecule has 0 saturated carbocycles. The summed E-state index contributed by atoms with van der Waals surface area (Å²) in [4.78, 5) is 12.0. The van der Waals surface area contributed by atoms with Gasteiger partial charge >= 0.3 is 5.97 Å². The Kier molecular flexibility index (Phi) is 3.52. The second-order valence-corrected chi connectivity index (χ2v) is 6.24. The molecule has 0 bridgehead atoms. The van der Waals surface area contributed by atoms with Gasteiger partial charge in [-0.25, -0.2) is 4.68 Å². The third kappa shape index (κ3) is 2.50. The number of fused-ring (bicyclic) bond motifs is 1. The SMILES string of the molecule is O=C(O)CSc1nnnn1C1CCCc2sccc21. The van der Waals surface area contributed by atoms with E-state index >= 15 is 0 Å². The topological polar surface area (TPSA) is 80.9 Å². The molecular formula is C11H12N4O2S2. The molecule has 0 radical (unpaired) electrons. The van der Waals surface area contributed by atoms with Crippen LogP contribution in [0.3, 0.4) is 0 Å². The van der Waals surface area contributed by atoms with Crippen LogP contribution in [0.1, 0.15) is 29.3 Å². The maximum Gasteiger partial charge on any atom is 0.313 e. The molecule has 19 heavy (non-hydrogen) atoms. The van der Waals surface area contributed by atoms with Crippen LogP contribution in [-0.4, -0.2) is 37.0 Å². The molecule has 0 saturated heterocycles. The summed E-state index contributed by atoms with van der Waals surface area (Å²) in [6, 6.07) is 2.26. The predicted molar refractivity (Wildman–Crippen MR) is 71.6 cm³/mol. The van der Waals surface area contributed by atoms with Gasteiger partial charge in [-0.2, -0.15) is 0 Å². The number of rotatable bonds is 4. The van der Waals surface area contributed by atoms with Crippen molar-refractivity contribution in [2.45, 2.75) is 30.5 Å². The maximum absolute atomic E-state index is 10.6. The number of aliphatic carboxylic acids is 1. The molecule has 2 heterocycles. The summed E-state index contributed by atoms with van der Waals surface area (Å²) in [5.74, 6) is -0.886. The molecule has 0 fully saturated rings. The Balaban J connectivity index is 1.88. The summed E-state index contributed by atoms with van der Waals surface area (Å²) < 4.78 is 1.76. The van der Waals surface area contributed by atoms with Gasteiger partial charge in [0.25, 0.3) is 0 Å². The normalized spacial score (nSPS) is 18.2. The smallest absolute Gasteiger partial charge is 0.313 e. The fourth-order valence-electron chi connectivity index (χ4n) is 2.32. The van der Waals surface area contributed by atoms with Crippen molar-refractivity contribution in [1.29, 1.82) is 0 Å². The van der Waals surface area contributed by atoms with Gasteiger partial charge in [0.05, 0.1) is 11.8 Å². The summed E-state index contributed by atoms with van der Waals surface area (Å²) in [7, 11) is 0. The number of thiophene rings is 1. The molecule has 0 amide bonds. The lowest BCUT2D eigenvalue weighted by atomic mass is 9.94. The molecular weight excluding hydrogens is 284 g/mol. The molecule has 1 atom stereocenters. The minimum Gasteiger partial charge on any atom is -0.481 e. The van der Waals surface area contributed by atoms with Crippen LogP contribution >= 0.6 is 23.1 Å². The highest BCUT2D eigenvalue weighted by atomic mass is 32.2. The highest BCUT2D eigenvalue weighted by Gasteiger charge is 2.26. The van der Waals surface area contributed by atoms with Crippen molar-refractivity contribution in [3.05, 3.63) is 21.9 Å². The molecule has 1 aliphatic rings. The largest absolute Gasteiger partial charge is 0.481 e. The number of aromatic nitrogens is 4. The average molecular weight is 296 g/mol. The predicted octanol–water partition coefficient (Wildman–Crippen LogP) is 1.84. The van der Waals surface area contributed by atoms with Gasteiger partial charge in [-0.15, -0.1) is 16.4 Å². The van der Waals surface area contributed by atoms with Crippen LogP contribution in [0.5, 0.6) is 0 Å². The zero-order valence-corrected chi connectivity index (χ0v) is 11.7. The number of nitrogens with zero attached hydrogens (tertiary/aromatic N) is 4. The van der Waals surface area contributed by atoms with E-state index < -0.39 is 5.97 Å². The molecule has 3 rings (SSSR count). The Bertz CT molecular complexity index is 595. The van der Waals surface area contributed by atoms with Crippen molar-refractivity contribution in [3.8, 4) is 0 Å². The average Bonchev–Trinajstić information content (AvgIpc) is 3.04. The second-order valence-electron chi connectivity index (χ2n) is 4.30. The Morgan fingerprint density at radius 3 is 3.37 bits per heavy atom. The van der Waals surface area contributed by atoms with E-state index in [-0.39, 0.29) is 11.8 Å². The molecule has 8 heteroatoms. The highest BCUT2D eigenvalue weighted by molar-refractivity contribution is 7.99. The standard InChI is InChI=1S/C11H12N4O2S2/c16-10(17)6-19-11-12-13-14-15(11)8-2-1-3-9-7(8)4-5-18-9/h4-5,8H,1-3,6H2,(H,16,17). The van der Waals surface area contributed by atoms with E-state index in [1.807, 2.05) is 0 Å². The fourth-order valence-corrected chi connectivity index (χ4v) is 3.94. The van der Waals surface area contributed by atoms with Crippen LogP contribution in [0.25, 0.3) is 0 Å². The van der Waals surface area contributed by atoms with Crippen molar-refractivity contribution in [2.24, 2.45) is 0 Å². The van der Waals surface area contributed by atoms with Gasteiger partial charge in [-0.3, -0.25) is 4.79 Å². The van der Waals surface area contributed by atoms with Crippen molar-refractivity contribution >= 4 is 29.1 Å². The first-order valence-electron chi connectivity index (χ1n) is 5.94. The number of tetrazole rings is 1. The van der Waals surface area contributed by atoms with E-state index in [2.05, 4.69) is 27.0 Å². The van der Waals surface area contributed by atoms with Gasteiger partial charge in [0.15, 0.2) is 0 Å². The number of thioether (sulfide) groups is 1. The first-order valence-corrected chi connectivity index (χ1v) is 7.81. The summed E-state index contributed by atoms with van der Waals surface area (Å²) in [6.07, 6.45) is 3.22. The lowest BCUT2D eigenvalue weighted by Crippen LogP contribution is -2.18. The highest BCUT2D eigenvalue weighted by Crippen LogP contribution is 2.36. The summed E-state index contributed by atoms with van der Waals surface area (Å²) >= 11 is 2.93. The zero-order valence-electron chi connectivity index (χ0n) is 10.0. The van der Waals surface area contributed by atoms with E-state index in [1.54, 1.807) is 16.0 Å². The monoisotopic (exact) mass is 296 g/mol. The molecule has 100 valence electrons. The second kappa shape index (κ2) is 5.30. The van der Waals surface area contributed by atoms with Crippen molar-refractivity contribution in [1.82, 2.24) is 20.2 Å². The zero-order chi connectivity index (χ0) is 13.2. The fraction of sp³-hybridized carbons (Fsp3) is 0.455. The van der Waals surface area contributed by atoms with E-state index in [0.29, 0.717) is 5.16 Å². The third-order valence-corrected chi connectivity index (χ3v) is 5.02. The molecule has 6 nitrogen and oxygen atoms in total. The number of carboxylic acids is 1. The first-order chi connectivity index (χ1) is 9.25. The number of carboxylic acid groups (broad SMARTS) is 1. The van der Waals surface area contributed by atoms with Crippen LogP contribution in [0, 0.1) is 0 Å². The van der Waals surface area contributed by atoms with E-state index in [0.717, 1.165) is 31.0 Å². The minimum atomic E-state index is -0.862. The maximum atomic E-state index is 10.6. The van der Waals surface area contributed by atoms with Crippen LogP contribution in [0.4, 0.5) is 0 Å². The minimum absolute atomic E-state index is 0.0242. The molecule has 2 aromatic heterocycles. The number of aryl methyl sites for hydroxylation is 1. The first kappa shape index (κ1) is 12.6. The number of hydrogen-bond donors (Lipinski definition) is 1. The van der Waals surface area contributed by atoms with Crippen molar-refractivity contribution in [3.63, 3.8) is 0 Å². The number of carbonyl (C=O) groups is 1. The lowest BCUT2D eigenvalue weighted by molar-refractivity contribution is -0.133. The molecule has 0 aromatic carbocycles. The van der Waals surface area contributed by atoms with Crippen molar-refractivity contribution in [2.75, 3.05) is 5.75 Å².